The molecular weight excluding hydrogens is 324 g/mol. The van der Waals surface area contributed by atoms with Crippen LogP contribution >= 0.6 is 0 Å². The summed E-state index contributed by atoms with van der Waals surface area (Å²) in [6, 6.07) is 10.4. The number of likely N-dealkylation sites (tertiary alicyclic amines) is 1. The molecule has 1 aliphatic rings. The largest absolute Gasteiger partial charge is 0.355 e. The van der Waals surface area contributed by atoms with E-state index in [0.717, 1.165) is 38.1 Å². The van der Waals surface area contributed by atoms with Crippen molar-refractivity contribution in [2.24, 2.45) is 4.99 Å². The fourth-order valence-corrected chi connectivity index (χ4v) is 3.15. The van der Waals surface area contributed by atoms with E-state index in [1.807, 2.05) is 6.07 Å². The third-order valence-electron chi connectivity index (χ3n) is 3.86. The minimum absolute atomic E-state index is 0.352. The molecule has 0 bridgehead atoms. The summed E-state index contributed by atoms with van der Waals surface area (Å²) in [5.41, 5.74) is 2.70. The molecule has 6 nitrogen and oxygen atoms in total. The minimum Gasteiger partial charge on any atom is -0.355 e. The molecule has 1 aliphatic heterocycles. The quantitative estimate of drug-likeness (QED) is 0.477. The molecule has 7 heteroatoms. The number of sulfonamides is 1. The zero-order chi connectivity index (χ0) is 17.4. The van der Waals surface area contributed by atoms with E-state index in [0.29, 0.717) is 13.1 Å². The highest BCUT2D eigenvalue weighted by Gasteiger charge is 2.17. The molecule has 0 radical (unpaired) electrons. The Bertz CT molecular complexity index is 674. The molecule has 1 aromatic rings. The number of benzene rings is 1. The van der Waals surface area contributed by atoms with Crippen LogP contribution in [0.25, 0.3) is 6.08 Å². The molecule has 1 saturated heterocycles. The number of piperidine rings is 1. The van der Waals surface area contributed by atoms with E-state index in [-0.39, 0.29) is 0 Å². The predicted octanol–water partition coefficient (Wildman–Crippen LogP) is 1.29. The van der Waals surface area contributed by atoms with Crippen LogP contribution in [0.2, 0.25) is 0 Å². The number of guanidine groups is 1. The van der Waals surface area contributed by atoms with Gasteiger partial charge in [0, 0.05) is 33.2 Å². The van der Waals surface area contributed by atoms with Gasteiger partial charge in [0.2, 0.25) is 10.0 Å². The van der Waals surface area contributed by atoms with Crippen LogP contribution < -0.4 is 10.0 Å². The van der Waals surface area contributed by atoms with Crippen LogP contribution in [0, 0.1) is 0 Å². The first-order valence-electron chi connectivity index (χ1n) is 8.12. The maximum atomic E-state index is 11.0. The molecule has 1 aromatic carbocycles. The molecule has 0 amide bonds. The lowest BCUT2D eigenvalue weighted by atomic mass is 10.0. The van der Waals surface area contributed by atoms with Crippen molar-refractivity contribution >= 4 is 22.1 Å². The molecule has 0 aromatic heterocycles. The molecule has 132 valence electrons. The Morgan fingerprint density at radius 3 is 2.46 bits per heavy atom. The highest BCUT2D eigenvalue weighted by Crippen LogP contribution is 2.19. The summed E-state index contributed by atoms with van der Waals surface area (Å²) in [5, 5.41) is 3.21. The summed E-state index contributed by atoms with van der Waals surface area (Å²) in [7, 11) is -1.39. The first-order valence-corrected chi connectivity index (χ1v) is 10.0. The first kappa shape index (κ1) is 18.5. The number of hydrogen-bond donors (Lipinski definition) is 2. The van der Waals surface area contributed by atoms with Crippen LogP contribution in [-0.4, -0.2) is 58.8 Å². The number of nitrogens with zero attached hydrogens (tertiary/aromatic N) is 2. The van der Waals surface area contributed by atoms with E-state index in [1.165, 1.54) is 11.1 Å². The fourth-order valence-electron chi connectivity index (χ4n) is 2.68. The van der Waals surface area contributed by atoms with E-state index >= 15 is 0 Å². The number of nitrogens with one attached hydrogen (secondary N) is 2. The van der Waals surface area contributed by atoms with Crippen molar-refractivity contribution in [3.8, 4) is 0 Å². The molecule has 0 spiro atoms. The van der Waals surface area contributed by atoms with Gasteiger partial charge >= 0.3 is 0 Å². The van der Waals surface area contributed by atoms with Gasteiger partial charge in [-0.25, -0.2) is 13.1 Å². The van der Waals surface area contributed by atoms with Crippen molar-refractivity contribution < 1.29 is 8.42 Å². The van der Waals surface area contributed by atoms with Gasteiger partial charge in [-0.1, -0.05) is 42.0 Å². The lowest BCUT2D eigenvalue weighted by molar-refractivity contribution is 0.376. The summed E-state index contributed by atoms with van der Waals surface area (Å²) >= 11 is 0. The van der Waals surface area contributed by atoms with Crippen LogP contribution in [-0.2, 0) is 10.0 Å². The van der Waals surface area contributed by atoms with Gasteiger partial charge in [0.25, 0.3) is 0 Å². The minimum atomic E-state index is -3.14. The van der Waals surface area contributed by atoms with Crippen molar-refractivity contribution in [3.05, 3.63) is 41.5 Å². The second-order valence-corrected chi connectivity index (χ2v) is 7.67. The van der Waals surface area contributed by atoms with E-state index in [4.69, 9.17) is 0 Å². The highest BCUT2D eigenvalue weighted by molar-refractivity contribution is 7.88. The van der Waals surface area contributed by atoms with Crippen LogP contribution in [0.15, 0.2) is 40.9 Å². The zero-order valence-corrected chi connectivity index (χ0v) is 15.1. The van der Waals surface area contributed by atoms with Gasteiger partial charge in [-0.15, -0.1) is 0 Å². The average molecular weight is 350 g/mol. The number of aliphatic imine (C=N–C) groups is 1. The summed E-state index contributed by atoms with van der Waals surface area (Å²) in [6.45, 7) is 2.70. The fraction of sp³-hybridized carbons (Fsp3) is 0.471. The molecule has 2 N–H and O–H groups in total. The summed E-state index contributed by atoms with van der Waals surface area (Å²) in [6.07, 6.45) is 5.45. The topological polar surface area (TPSA) is 73.8 Å². The predicted molar refractivity (Wildman–Crippen MR) is 99.4 cm³/mol. The zero-order valence-electron chi connectivity index (χ0n) is 14.3. The summed E-state index contributed by atoms with van der Waals surface area (Å²) in [5.74, 6) is 0.823. The van der Waals surface area contributed by atoms with Crippen LogP contribution in [0.3, 0.4) is 0 Å². The second kappa shape index (κ2) is 8.84. The molecular formula is C17H26N4O2S. The van der Waals surface area contributed by atoms with Crippen molar-refractivity contribution in [3.63, 3.8) is 0 Å². The van der Waals surface area contributed by atoms with Gasteiger partial charge in [-0.05, 0) is 18.4 Å². The SMILES string of the molecule is CN=C(NCCNS(C)(=O)=O)N1CCC(=Cc2ccccc2)CC1. The van der Waals surface area contributed by atoms with Gasteiger partial charge in [-0.2, -0.15) is 0 Å². The molecule has 0 unspecified atom stereocenters. The maximum absolute atomic E-state index is 11.0. The molecule has 2 rings (SSSR count). The lowest BCUT2D eigenvalue weighted by Gasteiger charge is -2.31. The lowest BCUT2D eigenvalue weighted by Crippen LogP contribution is -2.46. The smallest absolute Gasteiger partial charge is 0.208 e. The molecule has 24 heavy (non-hydrogen) atoms. The van der Waals surface area contributed by atoms with Gasteiger partial charge in [0.05, 0.1) is 6.26 Å². The monoisotopic (exact) mass is 350 g/mol. The number of rotatable bonds is 5. The maximum Gasteiger partial charge on any atom is 0.208 e. The average Bonchev–Trinajstić information content (AvgIpc) is 2.56. The Labute approximate surface area is 144 Å². The summed E-state index contributed by atoms with van der Waals surface area (Å²) in [4.78, 5) is 6.50. The third-order valence-corrected chi connectivity index (χ3v) is 4.59. The van der Waals surface area contributed by atoms with Crippen molar-refractivity contribution in [1.29, 1.82) is 0 Å². The summed E-state index contributed by atoms with van der Waals surface area (Å²) < 4.78 is 24.6. The third kappa shape index (κ3) is 6.33. The molecule has 1 fully saturated rings. The Hall–Kier alpha value is -1.86. The van der Waals surface area contributed by atoms with E-state index in [1.54, 1.807) is 7.05 Å². The Balaban J connectivity index is 1.80. The van der Waals surface area contributed by atoms with Gasteiger partial charge < -0.3 is 10.2 Å². The van der Waals surface area contributed by atoms with Gasteiger partial charge in [0.1, 0.15) is 0 Å². The Morgan fingerprint density at radius 2 is 1.88 bits per heavy atom. The van der Waals surface area contributed by atoms with Crippen molar-refractivity contribution in [1.82, 2.24) is 14.9 Å². The number of hydrogen-bond acceptors (Lipinski definition) is 3. The van der Waals surface area contributed by atoms with Gasteiger partial charge in [-0.3, -0.25) is 4.99 Å². The Kier molecular flexibility index (Phi) is 6.81. The molecule has 0 atom stereocenters. The van der Waals surface area contributed by atoms with Crippen LogP contribution in [0.5, 0.6) is 0 Å². The molecule has 1 heterocycles. The molecule has 0 saturated carbocycles. The van der Waals surface area contributed by atoms with Crippen molar-refractivity contribution in [2.75, 3.05) is 39.5 Å². The molecule has 0 aliphatic carbocycles. The second-order valence-electron chi connectivity index (χ2n) is 5.84. The van der Waals surface area contributed by atoms with E-state index < -0.39 is 10.0 Å². The van der Waals surface area contributed by atoms with E-state index in [9.17, 15) is 8.42 Å². The van der Waals surface area contributed by atoms with Crippen molar-refractivity contribution in [2.45, 2.75) is 12.8 Å². The Morgan fingerprint density at radius 1 is 1.21 bits per heavy atom. The van der Waals surface area contributed by atoms with Crippen LogP contribution in [0.4, 0.5) is 0 Å². The van der Waals surface area contributed by atoms with Crippen LogP contribution in [0.1, 0.15) is 18.4 Å². The highest BCUT2D eigenvalue weighted by atomic mass is 32.2. The van der Waals surface area contributed by atoms with E-state index in [2.05, 4.69) is 50.3 Å². The van der Waals surface area contributed by atoms with Gasteiger partial charge in [0.15, 0.2) is 5.96 Å². The normalized spacial score (nSPS) is 16.2. The first-order chi connectivity index (χ1) is 11.5. The standard InChI is InChI=1S/C17H26N4O2S/c1-18-17(19-10-11-20-24(2,22)23)21-12-8-16(9-13-21)14-15-6-4-3-5-7-15/h3-7,14,20H,8-13H2,1-2H3,(H,18,19).